The van der Waals surface area contributed by atoms with Gasteiger partial charge in [-0.3, -0.25) is 4.79 Å². The molecule has 0 saturated heterocycles. The molecule has 0 fully saturated rings. The number of aryl methyl sites for hydroxylation is 1. The SMILES string of the molecule is Cc1[nH]c(C(=O)O)c(C)c1C(=O)Nc1ccnn1C(C)C. The molecule has 0 radical (unpaired) electrons. The molecule has 3 N–H and O–H groups in total. The van der Waals surface area contributed by atoms with Crippen LogP contribution in [0, 0.1) is 13.8 Å². The number of hydrogen-bond donors (Lipinski definition) is 3. The molecule has 0 aliphatic heterocycles. The second-order valence-corrected chi connectivity index (χ2v) is 5.14. The highest BCUT2D eigenvalue weighted by molar-refractivity contribution is 6.07. The van der Waals surface area contributed by atoms with E-state index in [1.807, 2.05) is 13.8 Å². The smallest absolute Gasteiger partial charge is 0.352 e. The molecule has 0 aliphatic carbocycles. The maximum absolute atomic E-state index is 12.4. The number of nitrogens with one attached hydrogen (secondary N) is 2. The van der Waals surface area contributed by atoms with Crippen molar-refractivity contribution in [2.45, 2.75) is 33.7 Å². The van der Waals surface area contributed by atoms with Crippen LogP contribution in [-0.2, 0) is 0 Å². The minimum atomic E-state index is -1.08. The van der Waals surface area contributed by atoms with Crippen molar-refractivity contribution in [2.75, 3.05) is 5.32 Å². The average Bonchev–Trinajstić information content (AvgIpc) is 2.94. The number of aromatic carboxylic acids is 1. The summed E-state index contributed by atoms with van der Waals surface area (Å²) in [6.45, 7) is 7.20. The lowest BCUT2D eigenvalue weighted by molar-refractivity contribution is 0.0690. The van der Waals surface area contributed by atoms with Crippen molar-refractivity contribution in [2.24, 2.45) is 0 Å². The summed E-state index contributed by atoms with van der Waals surface area (Å²) < 4.78 is 1.69. The Morgan fingerprint density at radius 2 is 2.05 bits per heavy atom. The van der Waals surface area contributed by atoms with Gasteiger partial charge in [0.15, 0.2) is 0 Å². The van der Waals surface area contributed by atoms with Gasteiger partial charge < -0.3 is 15.4 Å². The quantitative estimate of drug-likeness (QED) is 0.804. The average molecular weight is 290 g/mol. The van der Waals surface area contributed by atoms with Crippen LogP contribution in [0.5, 0.6) is 0 Å². The maximum Gasteiger partial charge on any atom is 0.352 e. The lowest BCUT2D eigenvalue weighted by Crippen LogP contribution is -2.18. The molecular weight excluding hydrogens is 272 g/mol. The van der Waals surface area contributed by atoms with Gasteiger partial charge in [0, 0.05) is 17.8 Å². The molecule has 1 amide bonds. The van der Waals surface area contributed by atoms with Gasteiger partial charge in [-0.2, -0.15) is 5.10 Å². The second-order valence-electron chi connectivity index (χ2n) is 5.14. The minimum absolute atomic E-state index is 0.0371. The highest BCUT2D eigenvalue weighted by atomic mass is 16.4. The molecule has 2 heterocycles. The highest BCUT2D eigenvalue weighted by Gasteiger charge is 2.22. The topological polar surface area (TPSA) is 100 Å². The van der Waals surface area contributed by atoms with Crippen molar-refractivity contribution in [3.63, 3.8) is 0 Å². The molecule has 2 aromatic rings. The molecule has 7 nitrogen and oxygen atoms in total. The number of rotatable bonds is 4. The van der Waals surface area contributed by atoms with Crippen molar-refractivity contribution < 1.29 is 14.7 Å². The maximum atomic E-state index is 12.4. The fourth-order valence-corrected chi connectivity index (χ4v) is 2.31. The summed E-state index contributed by atoms with van der Waals surface area (Å²) in [5.74, 6) is -0.857. The number of carbonyl (C=O) groups is 2. The Bertz CT molecular complexity index is 697. The molecule has 2 aromatic heterocycles. The van der Waals surface area contributed by atoms with E-state index in [-0.39, 0.29) is 17.6 Å². The van der Waals surface area contributed by atoms with E-state index in [0.717, 1.165) is 0 Å². The predicted molar refractivity (Wildman–Crippen MR) is 77.8 cm³/mol. The van der Waals surface area contributed by atoms with E-state index < -0.39 is 5.97 Å². The van der Waals surface area contributed by atoms with Gasteiger partial charge in [-0.1, -0.05) is 0 Å². The van der Waals surface area contributed by atoms with Gasteiger partial charge in [0.2, 0.25) is 0 Å². The number of amides is 1. The lowest BCUT2D eigenvalue weighted by atomic mass is 10.1. The van der Waals surface area contributed by atoms with E-state index in [9.17, 15) is 9.59 Å². The molecule has 2 rings (SSSR count). The monoisotopic (exact) mass is 290 g/mol. The van der Waals surface area contributed by atoms with Crippen molar-refractivity contribution in [1.29, 1.82) is 0 Å². The highest BCUT2D eigenvalue weighted by Crippen LogP contribution is 2.20. The molecule has 112 valence electrons. The molecule has 0 unspecified atom stereocenters. The number of carboxylic acids is 1. The van der Waals surface area contributed by atoms with Crippen LogP contribution < -0.4 is 5.32 Å². The van der Waals surface area contributed by atoms with Crippen LogP contribution in [0.3, 0.4) is 0 Å². The van der Waals surface area contributed by atoms with Gasteiger partial charge in [-0.05, 0) is 33.3 Å². The van der Waals surface area contributed by atoms with Crippen LogP contribution in [0.25, 0.3) is 0 Å². The summed E-state index contributed by atoms with van der Waals surface area (Å²) in [7, 11) is 0. The number of aromatic nitrogens is 3. The fourth-order valence-electron chi connectivity index (χ4n) is 2.31. The van der Waals surface area contributed by atoms with Gasteiger partial charge >= 0.3 is 5.97 Å². The third-order valence-electron chi connectivity index (χ3n) is 3.28. The molecular formula is C14H18N4O3. The second kappa shape index (κ2) is 5.43. The van der Waals surface area contributed by atoms with Crippen molar-refractivity contribution in [3.05, 3.63) is 34.8 Å². The van der Waals surface area contributed by atoms with Crippen LogP contribution in [0.1, 0.15) is 52.0 Å². The zero-order valence-corrected chi connectivity index (χ0v) is 12.4. The van der Waals surface area contributed by atoms with E-state index in [1.165, 1.54) is 0 Å². The standard InChI is InChI=1S/C14H18N4O3/c1-7(2)18-10(5-6-15-18)17-13(19)11-8(3)12(14(20)21)16-9(11)4/h5-7,16H,1-4H3,(H,17,19)(H,20,21). The summed E-state index contributed by atoms with van der Waals surface area (Å²) in [6, 6.07) is 1.81. The van der Waals surface area contributed by atoms with Gasteiger partial charge in [0.05, 0.1) is 11.8 Å². The van der Waals surface area contributed by atoms with Crippen LogP contribution in [0.4, 0.5) is 5.82 Å². The summed E-state index contributed by atoms with van der Waals surface area (Å²) >= 11 is 0. The largest absolute Gasteiger partial charge is 0.477 e. The van der Waals surface area contributed by atoms with Crippen molar-refractivity contribution in [3.8, 4) is 0 Å². The number of hydrogen-bond acceptors (Lipinski definition) is 3. The van der Waals surface area contributed by atoms with Crippen LogP contribution in [0.15, 0.2) is 12.3 Å². The Hall–Kier alpha value is -2.57. The zero-order chi connectivity index (χ0) is 15.7. The Balaban J connectivity index is 2.33. The van der Waals surface area contributed by atoms with Crippen molar-refractivity contribution >= 4 is 17.7 Å². The van der Waals surface area contributed by atoms with E-state index in [1.54, 1.807) is 30.8 Å². The summed E-state index contributed by atoms with van der Waals surface area (Å²) in [5.41, 5.74) is 1.34. The summed E-state index contributed by atoms with van der Waals surface area (Å²) in [5, 5.41) is 16.0. The third-order valence-corrected chi connectivity index (χ3v) is 3.28. The number of H-pyrrole nitrogens is 1. The van der Waals surface area contributed by atoms with Gasteiger partial charge in [-0.15, -0.1) is 0 Å². The Labute approximate surface area is 122 Å². The normalized spacial score (nSPS) is 10.9. The van der Waals surface area contributed by atoms with Crippen LogP contribution >= 0.6 is 0 Å². The zero-order valence-electron chi connectivity index (χ0n) is 12.4. The molecule has 0 aromatic carbocycles. The molecule has 0 spiro atoms. The fraction of sp³-hybridized carbons (Fsp3) is 0.357. The first kappa shape index (κ1) is 14.8. The molecule has 0 saturated carbocycles. The minimum Gasteiger partial charge on any atom is -0.477 e. The predicted octanol–water partition coefficient (Wildman–Crippen LogP) is 2.36. The van der Waals surface area contributed by atoms with E-state index >= 15 is 0 Å². The van der Waals surface area contributed by atoms with Gasteiger partial charge in [-0.25, -0.2) is 9.48 Å². The summed E-state index contributed by atoms with van der Waals surface area (Å²) in [4.78, 5) is 26.2. The van der Waals surface area contributed by atoms with E-state index in [4.69, 9.17) is 5.11 Å². The number of nitrogens with zero attached hydrogens (tertiary/aromatic N) is 2. The third kappa shape index (κ3) is 2.67. The van der Waals surface area contributed by atoms with E-state index in [2.05, 4.69) is 15.4 Å². The van der Waals surface area contributed by atoms with Crippen LogP contribution in [-0.4, -0.2) is 31.7 Å². The first-order valence-corrected chi connectivity index (χ1v) is 6.60. The Morgan fingerprint density at radius 3 is 2.57 bits per heavy atom. The number of carbonyl (C=O) groups excluding carboxylic acids is 1. The number of aromatic amines is 1. The van der Waals surface area contributed by atoms with Gasteiger partial charge in [0.25, 0.3) is 5.91 Å². The Morgan fingerprint density at radius 1 is 1.38 bits per heavy atom. The molecule has 0 aliphatic rings. The molecule has 0 bridgehead atoms. The lowest BCUT2D eigenvalue weighted by Gasteiger charge is -2.12. The number of carboxylic acid groups (broad SMARTS) is 1. The van der Waals surface area contributed by atoms with Gasteiger partial charge in [0.1, 0.15) is 11.5 Å². The first-order valence-electron chi connectivity index (χ1n) is 6.60. The summed E-state index contributed by atoms with van der Waals surface area (Å²) in [6.07, 6.45) is 1.61. The van der Waals surface area contributed by atoms with Crippen LogP contribution in [0.2, 0.25) is 0 Å². The molecule has 21 heavy (non-hydrogen) atoms. The molecule has 7 heteroatoms. The van der Waals surface area contributed by atoms with Crippen molar-refractivity contribution in [1.82, 2.24) is 14.8 Å². The first-order chi connectivity index (χ1) is 9.82. The number of anilines is 1. The molecule has 0 atom stereocenters. The Kier molecular flexibility index (Phi) is 3.84. The van der Waals surface area contributed by atoms with E-state index in [0.29, 0.717) is 22.6 Å².